The van der Waals surface area contributed by atoms with Gasteiger partial charge in [0, 0.05) is 6.54 Å². The van der Waals surface area contributed by atoms with E-state index in [1.54, 1.807) is 6.92 Å². The lowest BCUT2D eigenvalue weighted by Crippen LogP contribution is -2.45. The van der Waals surface area contributed by atoms with E-state index >= 15 is 0 Å². The van der Waals surface area contributed by atoms with Gasteiger partial charge in [-0.05, 0) is 24.1 Å². The summed E-state index contributed by atoms with van der Waals surface area (Å²) in [5, 5.41) is 13.6. The number of nitrogens with one attached hydrogen (secondary N) is 2. The number of carboxylic acid groups (broad SMARTS) is 1. The van der Waals surface area contributed by atoms with Gasteiger partial charge in [-0.1, -0.05) is 19.4 Å². The molecule has 0 aromatic heterocycles. The molecular weight excluding hydrogens is 270 g/mol. The van der Waals surface area contributed by atoms with Gasteiger partial charge in [-0.25, -0.2) is 18.4 Å². The van der Waals surface area contributed by atoms with Crippen molar-refractivity contribution in [1.82, 2.24) is 10.6 Å². The maximum absolute atomic E-state index is 12.9. The van der Waals surface area contributed by atoms with Crippen molar-refractivity contribution in [3.8, 4) is 0 Å². The number of halogens is 2. The molecule has 1 aromatic carbocycles. The van der Waals surface area contributed by atoms with Crippen molar-refractivity contribution in [2.45, 2.75) is 32.4 Å². The summed E-state index contributed by atoms with van der Waals surface area (Å²) in [6, 6.07) is 1.62. The minimum absolute atomic E-state index is 0.0263. The van der Waals surface area contributed by atoms with Gasteiger partial charge >= 0.3 is 12.0 Å². The van der Waals surface area contributed by atoms with Crippen molar-refractivity contribution in [3.05, 3.63) is 35.4 Å². The molecule has 0 heterocycles. The molecule has 0 aliphatic rings. The van der Waals surface area contributed by atoms with E-state index in [0.29, 0.717) is 18.4 Å². The Labute approximate surface area is 115 Å². The summed E-state index contributed by atoms with van der Waals surface area (Å²) in [6.07, 6.45) is 0.925. The summed E-state index contributed by atoms with van der Waals surface area (Å²) in [4.78, 5) is 22.4. The molecule has 0 saturated heterocycles. The van der Waals surface area contributed by atoms with Gasteiger partial charge in [0.05, 0.1) is 0 Å². The molecule has 3 N–H and O–H groups in total. The highest BCUT2D eigenvalue weighted by Gasteiger charge is 2.18. The molecule has 5 nitrogen and oxygen atoms in total. The summed E-state index contributed by atoms with van der Waals surface area (Å²) in [7, 11) is 0. The van der Waals surface area contributed by atoms with E-state index in [1.807, 2.05) is 0 Å². The van der Waals surface area contributed by atoms with E-state index in [2.05, 4.69) is 10.6 Å². The van der Waals surface area contributed by atoms with Crippen molar-refractivity contribution in [3.63, 3.8) is 0 Å². The summed E-state index contributed by atoms with van der Waals surface area (Å²) >= 11 is 0. The number of amides is 2. The van der Waals surface area contributed by atoms with Gasteiger partial charge in [-0.15, -0.1) is 0 Å². The van der Waals surface area contributed by atoms with Crippen molar-refractivity contribution in [2.24, 2.45) is 0 Å². The SMILES string of the molecule is CCCC(NC(=O)NCc1ccc(F)c(F)c1)C(=O)O. The molecule has 0 fully saturated rings. The fourth-order valence-corrected chi connectivity index (χ4v) is 1.59. The molecule has 0 bridgehead atoms. The Kier molecular flexibility index (Phi) is 5.89. The lowest BCUT2D eigenvalue weighted by molar-refractivity contribution is -0.139. The molecule has 0 saturated carbocycles. The standard InChI is InChI=1S/C13H16F2N2O3/c1-2-3-11(12(18)19)17-13(20)16-7-8-4-5-9(14)10(15)6-8/h4-6,11H,2-3,7H2,1H3,(H,18,19)(H2,16,17,20). The fourth-order valence-electron chi connectivity index (χ4n) is 1.59. The highest BCUT2D eigenvalue weighted by atomic mass is 19.2. The van der Waals surface area contributed by atoms with Crippen LogP contribution in [0.2, 0.25) is 0 Å². The summed E-state index contributed by atoms with van der Waals surface area (Å²) in [5.74, 6) is -3.08. The first-order valence-corrected chi connectivity index (χ1v) is 6.15. The number of hydrogen-bond acceptors (Lipinski definition) is 2. The van der Waals surface area contributed by atoms with Crippen LogP contribution < -0.4 is 10.6 Å². The van der Waals surface area contributed by atoms with Crippen LogP contribution in [-0.2, 0) is 11.3 Å². The van der Waals surface area contributed by atoms with Crippen LogP contribution in [0.25, 0.3) is 0 Å². The van der Waals surface area contributed by atoms with Gasteiger partial charge in [0.25, 0.3) is 0 Å². The van der Waals surface area contributed by atoms with Crippen molar-refractivity contribution < 1.29 is 23.5 Å². The van der Waals surface area contributed by atoms with Crippen LogP contribution in [0.4, 0.5) is 13.6 Å². The third-order valence-electron chi connectivity index (χ3n) is 2.62. The first kappa shape index (κ1) is 15.9. The third-order valence-corrected chi connectivity index (χ3v) is 2.62. The normalized spacial score (nSPS) is 11.8. The van der Waals surface area contributed by atoms with Crippen LogP contribution in [0.3, 0.4) is 0 Å². The topological polar surface area (TPSA) is 78.4 Å². The van der Waals surface area contributed by atoms with Crippen molar-refractivity contribution >= 4 is 12.0 Å². The van der Waals surface area contributed by atoms with Crippen LogP contribution in [0.1, 0.15) is 25.3 Å². The molecular formula is C13H16F2N2O3. The second-order valence-corrected chi connectivity index (χ2v) is 4.25. The molecule has 1 rings (SSSR count). The zero-order chi connectivity index (χ0) is 15.1. The Bertz CT molecular complexity index is 495. The summed E-state index contributed by atoms with van der Waals surface area (Å²) in [5.41, 5.74) is 0.376. The number of carboxylic acids is 1. The van der Waals surface area contributed by atoms with E-state index in [9.17, 15) is 18.4 Å². The van der Waals surface area contributed by atoms with Gasteiger partial charge in [0.1, 0.15) is 6.04 Å². The largest absolute Gasteiger partial charge is 0.480 e. The van der Waals surface area contributed by atoms with Gasteiger partial charge in [-0.2, -0.15) is 0 Å². The highest BCUT2D eigenvalue weighted by Crippen LogP contribution is 2.08. The van der Waals surface area contributed by atoms with E-state index in [1.165, 1.54) is 6.07 Å². The lowest BCUT2D eigenvalue weighted by Gasteiger charge is -2.14. The molecule has 0 aliphatic carbocycles. The molecule has 7 heteroatoms. The van der Waals surface area contributed by atoms with Crippen molar-refractivity contribution in [2.75, 3.05) is 0 Å². The highest BCUT2D eigenvalue weighted by molar-refractivity contribution is 5.82. The van der Waals surface area contributed by atoms with Crippen LogP contribution in [0.5, 0.6) is 0 Å². The molecule has 1 aromatic rings. The number of aliphatic carboxylic acids is 1. The zero-order valence-corrected chi connectivity index (χ0v) is 11.0. The number of rotatable bonds is 6. The minimum atomic E-state index is -1.12. The van der Waals surface area contributed by atoms with E-state index in [-0.39, 0.29) is 6.54 Å². The second kappa shape index (κ2) is 7.42. The summed E-state index contributed by atoms with van der Waals surface area (Å²) in [6.45, 7) is 1.78. The third kappa shape index (κ3) is 4.83. The Balaban J connectivity index is 2.50. The number of hydrogen-bond donors (Lipinski definition) is 3. The molecule has 0 radical (unpaired) electrons. The van der Waals surface area contributed by atoms with E-state index in [0.717, 1.165) is 12.1 Å². The Morgan fingerprint density at radius 1 is 1.30 bits per heavy atom. The molecule has 0 spiro atoms. The monoisotopic (exact) mass is 286 g/mol. The predicted octanol–water partition coefficient (Wildman–Crippen LogP) is 2.02. The van der Waals surface area contributed by atoms with Gasteiger partial charge < -0.3 is 15.7 Å². The number of carbonyl (C=O) groups is 2. The van der Waals surface area contributed by atoms with Crippen LogP contribution in [0.15, 0.2) is 18.2 Å². The summed E-state index contributed by atoms with van der Waals surface area (Å²) < 4.78 is 25.6. The average Bonchev–Trinajstić information content (AvgIpc) is 2.39. The zero-order valence-electron chi connectivity index (χ0n) is 11.0. The van der Waals surface area contributed by atoms with Gasteiger partial charge in [0.15, 0.2) is 11.6 Å². The maximum Gasteiger partial charge on any atom is 0.326 e. The van der Waals surface area contributed by atoms with Crippen LogP contribution in [0, 0.1) is 11.6 Å². The second-order valence-electron chi connectivity index (χ2n) is 4.25. The molecule has 1 atom stereocenters. The van der Waals surface area contributed by atoms with E-state index in [4.69, 9.17) is 5.11 Å². The first-order chi connectivity index (χ1) is 9.43. The van der Waals surface area contributed by atoms with Gasteiger partial charge in [0.2, 0.25) is 0 Å². The lowest BCUT2D eigenvalue weighted by atomic mass is 10.2. The van der Waals surface area contributed by atoms with E-state index < -0.39 is 29.7 Å². The fraction of sp³-hybridized carbons (Fsp3) is 0.385. The predicted molar refractivity (Wildman–Crippen MR) is 68.1 cm³/mol. The van der Waals surface area contributed by atoms with Crippen molar-refractivity contribution in [1.29, 1.82) is 0 Å². The Morgan fingerprint density at radius 3 is 2.55 bits per heavy atom. The smallest absolute Gasteiger partial charge is 0.326 e. The quantitative estimate of drug-likeness (QED) is 0.748. The number of urea groups is 1. The van der Waals surface area contributed by atoms with Crippen LogP contribution in [-0.4, -0.2) is 23.1 Å². The maximum atomic E-state index is 12.9. The average molecular weight is 286 g/mol. The molecule has 20 heavy (non-hydrogen) atoms. The molecule has 0 aliphatic heterocycles. The Morgan fingerprint density at radius 2 is 2.00 bits per heavy atom. The molecule has 110 valence electrons. The van der Waals surface area contributed by atoms with Gasteiger partial charge in [-0.3, -0.25) is 0 Å². The first-order valence-electron chi connectivity index (χ1n) is 6.15. The minimum Gasteiger partial charge on any atom is -0.480 e. The molecule has 2 amide bonds. The number of benzene rings is 1. The molecule has 1 unspecified atom stereocenters. The number of carbonyl (C=O) groups excluding carboxylic acids is 1. The van der Waals surface area contributed by atoms with Crippen LogP contribution >= 0.6 is 0 Å². The Hall–Kier alpha value is -2.18.